The van der Waals surface area contributed by atoms with Gasteiger partial charge in [0.15, 0.2) is 0 Å². The number of imide groups is 1. The number of aryl methyl sites for hydroxylation is 3. The third-order valence-electron chi connectivity index (χ3n) is 10.2. The van der Waals surface area contributed by atoms with Crippen LogP contribution in [-0.4, -0.2) is 16.4 Å². The number of anilines is 1. The van der Waals surface area contributed by atoms with Gasteiger partial charge in [0.05, 0.1) is 33.5 Å². The average molecular weight is 659 g/mol. The number of rotatable bonds is 5. The Balaban J connectivity index is 1.30. The topological polar surface area (TPSA) is 42.3 Å². The number of carbonyl (C=O) groups excluding carboxylic acids is 2. The summed E-state index contributed by atoms with van der Waals surface area (Å²) in [5.41, 5.74) is 13.6. The lowest BCUT2D eigenvalue weighted by molar-refractivity contribution is 0.0926. The highest BCUT2D eigenvalue weighted by atomic mass is 16.2. The van der Waals surface area contributed by atoms with Crippen molar-refractivity contribution in [1.82, 2.24) is 4.57 Å². The largest absolute Gasteiger partial charge is 0.308 e. The standard InChI is InChI=1S/C47H34N2O2/c1-29-26-30(2)43(31(3)27-29)38-20-12-19-37-36-18-10-11-22-40(36)48(45(37)38)41-23-13-21-39-44(41)47(51)49(46(39)50)42-28-34(32-14-6-4-7-15-32)24-25-35(42)33-16-8-5-9-17-33/h4-28H,1-3H3. The van der Waals surface area contributed by atoms with Gasteiger partial charge in [-0.2, -0.15) is 0 Å². The zero-order valence-corrected chi connectivity index (χ0v) is 28.6. The molecule has 0 radical (unpaired) electrons. The number of hydrogen-bond donors (Lipinski definition) is 0. The molecule has 0 N–H and O–H groups in total. The van der Waals surface area contributed by atoms with Gasteiger partial charge in [-0.25, -0.2) is 4.90 Å². The normalized spacial score (nSPS) is 12.6. The van der Waals surface area contributed by atoms with E-state index in [2.05, 4.69) is 79.9 Å². The predicted molar refractivity (Wildman–Crippen MR) is 209 cm³/mol. The summed E-state index contributed by atoms with van der Waals surface area (Å²) in [5, 5.41) is 2.18. The van der Waals surface area contributed by atoms with Crippen molar-refractivity contribution in [2.24, 2.45) is 0 Å². The molecule has 8 aromatic rings. The fourth-order valence-corrected chi connectivity index (χ4v) is 8.14. The van der Waals surface area contributed by atoms with Crippen LogP contribution in [0.3, 0.4) is 0 Å². The number of nitrogens with zero attached hydrogens (tertiary/aromatic N) is 2. The number of para-hydroxylation sites is 2. The van der Waals surface area contributed by atoms with Gasteiger partial charge in [0.25, 0.3) is 11.8 Å². The number of fused-ring (bicyclic) bond motifs is 4. The summed E-state index contributed by atoms with van der Waals surface area (Å²) >= 11 is 0. The number of aromatic nitrogens is 1. The Morgan fingerprint density at radius 1 is 0.431 bits per heavy atom. The van der Waals surface area contributed by atoms with Crippen LogP contribution in [0.4, 0.5) is 5.69 Å². The molecule has 1 aromatic heterocycles. The molecule has 0 saturated heterocycles. The molecule has 4 heteroatoms. The van der Waals surface area contributed by atoms with E-state index < -0.39 is 0 Å². The highest BCUT2D eigenvalue weighted by Gasteiger charge is 2.40. The SMILES string of the molecule is Cc1cc(C)c(-c2cccc3c4ccccc4n(-c4cccc5c4C(=O)N(c4cc(-c6ccccc6)ccc4-c4ccccc4)C5=O)c23)c(C)c1. The van der Waals surface area contributed by atoms with Crippen LogP contribution in [0.5, 0.6) is 0 Å². The molecule has 0 spiro atoms. The molecule has 0 fully saturated rings. The predicted octanol–water partition coefficient (Wildman–Crippen LogP) is 11.5. The Hall–Kier alpha value is -6.52. The highest BCUT2D eigenvalue weighted by molar-refractivity contribution is 6.36. The third kappa shape index (κ3) is 4.75. The second kappa shape index (κ2) is 11.8. The summed E-state index contributed by atoms with van der Waals surface area (Å²) in [4.78, 5) is 31.0. The van der Waals surface area contributed by atoms with Gasteiger partial charge in [-0.15, -0.1) is 0 Å². The molecule has 9 rings (SSSR count). The molecule has 4 nitrogen and oxygen atoms in total. The van der Waals surface area contributed by atoms with Crippen LogP contribution in [0.2, 0.25) is 0 Å². The van der Waals surface area contributed by atoms with E-state index in [1.54, 1.807) is 6.07 Å². The lowest BCUT2D eigenvalue weighted by atomic mass is 9.92. The summed E-state index contributed by atoms with van der Waals surface area (Å²) < 4.78 is 2.20. The molecule has 0 unspecified atom stereocenters. The van der Waals surface area contributed by atoms with Crippen molar-refractivity contribution in [3.63, 3.8) is 0 Å². The number of hydrogen-bond acceptors (Lipinski definition) is 2. The van der Waals surface area contributed by atoms with E-state index in [0.29, 0.717) is 22.5 Å². The Bertz CT molecular complexity index is 2680. The molecule has 1 aliphatic rings. The molecule has 7 aromatic carbocycles. The smallest absolute Gasteiger partial charge is 0.268 e. The molecule has 0 aliphatic carbocycles. The van der Waals surface area contributed by atoms with Crippen LogP contribution in [0.15, 0.2) is 152 Å². The molecular weight excluding hydrogens is 625 g/mol. The molecule has 2 amide bonds. The van der Waals surface area contributed by atoms with Crippen molar-refractivity contribution < 1.29 is 9.59 Å². The van der Waals surface area contributed by atoms with E-state index in [9.17, 15) is 4.79 Å². The lowest BCUT2D eigenvalue weighted by Gasteiger charge is -2.20. The molecule has 0 saturated carbocycles. The quantitative estimate of drug-likeness (QED) is 0.173. The van der Waals surface area contributed by atoms with Gasteiger partial charge in [0.2, 0.25) is 0 Å². The maximum Gasteiger partial charge on any atom is 0.268 e. The van der Waals surface area contributed by atoms with Crippen molar-refractivity contribution in [3.8, 4) is 39.1 Å². The highest BCUT2D eigenvalue weighted by Crippen LogP contribution is 2.44. The fraction of sp³-hybridized carbons (Fsp3) is 0.0638. The van der Waals surface area contributed by atoms with E-state index >= 15 is 4.79 Å². The summed E-state index contributed by atoms with van der Waals surface area (Å²) in [6.07, 6.45) is 0. The van der Waals surface area contributed by atoms with Gasteiger partial charge in [0, 0.05) is 21.9 Å². The maximum absolute atomic E-state index is 15.0. The minimum absolute atomic E-state index is 0.328. The Morgan fingerprint density at radius 2 is 1.06 bits per heavy atom. The van der Waals surface area contributed by atoms with E-state index in [1.807, 2.05) is 91.0 Å². The molecule has 0 atom stereocenters. The monoisotopic (exact) mass is 658 g/mol. The van der Waals surface area contributed by atoms with Crippen LogP contribution < -0.4 is 4.90 Å². The van der Waals surface area contributed by atoms with E-state index in [0.717, 1.165) is 49.6 Å². The summed E-state index contributed by atoms with van der Waals surface area (Å²) in [6.45, 7) is 6.45. The van der Waals surface area contributed by atoms with E-state index in [4.69, 9.17) is 0 Å². The number of benzene rings is 7. The zero-order valence-electron chi connectivity index (χ0n) is 28.6. The van der Waals surface area contributed by atoms with Crippen molar-refractivity contribution in [2.75, 3.05) is 4.90 Å². The summed E-state index contributed by atoms with van der Waals surface area (Å²) in [5.74, 6) is -0.662. The van der Waals surface area contributed by atoms with Crippen LogP contribution >= 0.6 is 0 Å². The van der Waals surface area contributed by atoms with Gasteiger partial charge >= 0.3 is 0 Å². The number of amides is 2. The molecule has 1 aliphatic heterocycles. The van der Waals surface area contributed by atoms with Gasteiger partial charge < -0.3 is 4.57 Å². The van der Waals surface area contributed by atoms with E-state index in [1.165, 1.54) is 27.2 Å². The summed E-state index contributed by atoms with van der Waals surface area (Å²) in [6, 6.07) is 50.9. The summed E-state index contributed by atoms with van der Waals surface area (Å²) in [7, 11) is 0. The van der Waals surface area contributed by atoms with Crippen molar-refractivity contribution in [1.29, 1.82) is 0 Å². The second-order valence-corrected chi connectivity index (χ2v) is 13.4. The Labute approximate surface area is 296 Å². The second-order valence-electron chi connectivity index (χ2n) is 13.4. The minimum Gasteiger partial charge on any atom is -0.308 e. The molecule has 244 valence electrons. The zero-order chi connectivity index (χ0) is 34.8. The first-order valence-electron chi connectivity index (χ1n) is 17.3. The Kier molecular flexibility index (Phi) is 7.08. The third-order valence-corrected chi connectivity index (χ3v) is 10.2. The van der Waals surface area contributed by atoms with Crippen LogP contribution in [0, 0.1) is 20.8 Å². The fourth-order valence-electron chi connectivity index (χ4n) is 8.14. The van der Waals surface area contributed by atoms with Gasteiger partial charge in [0.1, 0.15) is 0 Å². The van der Waals surface area contributed by atoms with E-state index in [-0.39, 0.29) is 11.8 Å². The first-order valence-corrected chi connectivity index (χ1v) is 17.3. The van der Waals surface area contributed by atoms with Crippen molar-refractivity contribution in [3.05, 3.63) is 179 Å². The average Bonchev–Trinajstić information content (AvgIpc) is 3.63. The number of carbonyl (C=O) groups is 2. The lowest BCUT2D eigenvalue weighted by Crippen LogP contribution is -2.30. The van der Waals surface area contributed by atoms with Crippen LogP contribution in [0.25, 0.3) is 60.9 Å². The molecule has 2 heterocycles. The maximum atomic E-state index is 15.0. The first-order chi connectivity index (χ1) is 24.9. The minimum atomic E-state index is -0.334. The molecule has 0 bridgehead atoms. The van der Waals surface area contributed by atoms with Crippen molar-refractivity contribution >= 4 is 39.3 Å². The van der Waals surface area contributed by atoms with Crippen LogP contribution in [-0.2, 0) is 0 Å². The van der Waals surface area contributed by atoms with Crippen LogP contribution in [0.1, 0.15) is 37.4 Å². The first kappa shape index (κ1) is 30.5. The van der Waals surface area contributed by atoms with Gasteiger partial charge in [-0.05, 0) is 78.4 Å². The van der Waals surface area contributed by atoms with Gasteiger partial charge in [-0.3, -0.25) is 9.59 Å². The molecule has 51 heavy (non-hydrogen) atoms. The van der Waals surface area contributed by atoms with Gasteiger partial charge in [-0.1, -0.05) is 133 Å². The Morgan fingerprint density at radius 3 is 1.80 bits per heavy atom. The molecular formula is C47H34N2O2. The van der Waals surface area contributed by atoms with Crippen molar-refractivity contribution in [2.45, 2.75) is 20.8 Å².